The third-order valence-corrected chi connectivity index (χ3v) is 4.01. The van der Waals surface area contributed by atoms with Crippen molar-refractivity contribution >= 4 is 0 Å². The zero-order valence-corrected chi connectivity index (χ0v) is 14.4. The lowest BCUT2D eigenvalue weighted by molar-refractivity contribution is -0.0578. The van der Waals surface area contributed by atoms with E-state index >= 15 is 0 Å². The number of ether oxygens (including phenoxy) is 1. The Balaban J connectivity index is 2.01. The summed E-state index contributed by atoms with van der Waals surface area (Å²) in [4.78, 5) is 2.44. The molecule has 2 heterocycles. The summed E-state index contributed by atoms with van der Waals surface area (Å²) < 4.78 is 11.6. The van der Waals surface area contributed by atoms with Crippen LogP contribution >= 0.6 is 0 Å². The summed E-state index contributed by atoms with van der Waals surface area (Å²) in [5.41, 5.74) is 1.40. The normalized spacial score (nSPS) is 19.9. The molecule has 4 nitrogen and oxygen atoms in total. The molecule has 0 radical (unpaired) electrons. The second kappa shape index (κ2) is 6.11. The summed E-state index contributed by atoms with van der Waals surface area (Å²) in [7, 11) is 0. The average molecular weight is 294 g/mol. The van der Waals surface area contributed by atoms with Gasteiger partial charge in [-0.1, -0.05) is 0 Å². The van der Waals surface area contributed by atoms with Crippen LogP contribution in [0.2, 0.25) is 0 Å². The zero-order valence-electron chi connectivity index (χ0n) is 14.4. The molecule has 4 heteroatoms. The second-order valence-corrected chi connectivity index (χ2v) is 7.71. The first-order valence-corrected chi connectivity index (χ1v) is 7.83. The lowest BCUT2D eigenvalue weighted by Gasteiger charge is -2.41. The molecule has 0 aromatic carbocycles. The highest BCUT2D eigenvalue weighted by Gasteiger charge is 2.31. The van der Waals surface area contributed by atoms with Crippen molar-refractivity contribution in [3.05, 3.63) is 23.2 Å². The standard InChI is InChI=1S/C17H30N2O2/c1-13-9-14(21-15(13)10-18-16(2,3)4)11-19-7-8-20-12-17(19,5)6/h9,18H,7-8,10-12H2,1-6H3. The molecule has 1 aliphatic heterocycles. The van der Waals surface area contributed by atoms with E-state index in [1.54, 1.807) is 0 Å². The molecule has 0 unspecified atom stereocenters. The Kier molecular flexibility index (Phi) is 4.81. The van der Waals surface area contributed by atoms with Crippen molar-refractivity contribution in [3.63, 3.8) is 0 Å². The summed E-state index contributed by atoms with van der Waals surface area (Å²) in [6.45, 7) is 17.3. The van der Waals surface area contributed by atoms with Crippen molar-refractivity contribution in [2.24, 2.45) is 0 Å². The van der Waals surface area contributed by atoms with Crippen molar-refractivity contribution in [1.82, 2.24) is 10.2 Å². The maximum absolute atomic E-state index is 6.06. The van der Waals surface area contributed by atoms with Gasteiger partial charge in [0.25, 0.3) is 0 Å². The van der Waals surface area contributed by atoms with Crippen molar-refractivity contribution in [2.75, 3.05) is 19.8 Å². The van der Waals surface area contributed by atoms with Crippen LogP contribution in [0.3, 0.4) is 0 Å². The monoisotopic (exact) mass is 294 g/mol. The summed E-state index contributed by atoms with van der Waals surface area (Å²) in [5.74, 6) is 2.10. The minimum absolute atomic E-state index is 0.0722. The molecule has 1 N–H and O–H groups in total. The summed E-state index contributed by atoms with van der Waals surface area (Å²) >= 11 is 0. The molecule has 1 aromatic rings. The van der Waals surface area contributed by atoms with Gasteiger partial charge in [-0.15, -0.1) is 0 Å². The Hall–Kier alpha value is -0.840. The van der Waals surface area contributed by atoms with Crippen LogP contribution in [0.25, 0.3) is 0 Å². The van der Waals surface area contributed by atoms with E-state index < -0.39 is 0 Å². The smallest absolute Gasteiger partial charge is 0.120 e. The predicted octanol–water partition coefficient (Wildman–Crippen LogP) is 3.09. The third kappa shape index (κ3) is 4.56. The molecule has 120 valence electrons. The van der Waals surface area contributed by atoms with Crippen LogP contribution in [0, 0.1) is 6.92 Å². The Morgan fingerprint density at radius 3 is 2.67 bits per heavy atom. The van der Waals surface area contributed by atoms with Gasteiger partial charge in [0, 0.05) is 17.6 Å². The molecule has 1 fully saturated rings. The fourth-order valence-corrected chi connectivity index (χ4v) is 2.56. The Morgan fingerprint density at radius 1 is 1.33 bits per heavy atom. The van der Waals surface area contributed by atoms with Crippen LogP contribution in [0.5, 0.6) is 0 Å². The van der Waals surface area contributed by atoms with E-state index in [2.05, 4.69) is 57.8 Å². The van der Waals surface area contributed by atoms with Crippen LogP contribution in [-0.2, 0) is 17.8 Å². The molecular formula is C17H30N2O2. The molecule has 0 atom stereocenters. The number of hydrogen-bond acceptors (Lipinski definition) is 4. The van der Waals surface area contributed by atoms with Gasteiger partial charge in [-0.3, -0.25) is 4.90 Å². The van der Waals surface area contributed by atoms with Gasteiger partial charge in [-0.25, -0.2) is 0 Å². The van der Waals surface area contributed by atoms with Crippen molar-refractivity contribution in [2.45, 2.75) is 65.7 Å². The maximum atomic E-state index is 6.06. The number of hydrogen-bond donors (Lipinski definition) is 1. The van der Waals surface area contributed by atoms with E-state index in [4.69, 9.17) is 9.15 Å². The SMILES string of the molecule is Cc1cc(CN2CCOCC2(C)C)oc1CNC(C)(C)C. The van der Waals surface area contributed by atoms with Crippen molar-refractivity contribution in [1.29, 1.82) is 0 Å². The lowest BCUT2D eigenvalue weighted by atomic mass is 10.0. The van der Waals surface area contributed by atoms with Gasteiger partial charge >= 0.3 is 0 Å². The average Bonchev–Trinajstić information content (AvgIpc) is 2.69. The fourth-order valence-electron chi connectivity index (χ4n) is 2.56. The summed E-state index contributed by atoms with van der Waals surface area (Å²) in [6, 6.07) is 2.17. The van der Waals surface area contributed by atoms with E-state index in [0.717, 1.165) is 44.4 Å². The topological polar surface area (TPSA) is 37.6 Å². The van der Waals surface area contributed by atoms with Gasteiger partial charge in [0.1, 0.15) is 11.5 Å². The lowest BCUT2D eigenvalue weighted by Crippen LogP contribution is -2.52. The number of morpholine rings is 1. The van der Waals surface area contributed by atoms with Gasteiger partial charge in [-0.05, 0) is 53.2 Å². The highest BCUT2D eigenvalue weighted by molar-refractivity contribution is 5.20. The number of aryl methyl sites for hydroxylation is 1. The predicted molar refractivity (Wildman–Crippen MR) is 85.3 cm³/mol. The molecular weight excluding hydrogens is 264 g/mol. The van der Waals surface area contributed by atoms with E-state index in [-0.39, 0.29) is 11.1 Å². The van der Waals surface area contributed by atoms with Crippen molar-refractivity contribution in [3.8, 4) is 0 Å². The molecule has 1 saturated heterocycles. The van der Waals surface area contributed by atoms with E-state index in [9.17, 15) is 0 Å². The molecule has 0 saturated carbocycles. The molecule has 0 spiro atoms. The van der Waals surface area contributed by atoms with Crippen LogP contribution in [0.4, 0.5) is 0 Å². The minimum atomic E-state index is 0.0722. The molecule has 0 amide bonds. The zero-order chi connectivity index (χ0) is 15.7. The van der Waals surface area contributed by atoms with Crippen LogP contribution in [0.15, 0.2) is 10.5 Å². The van der Waals surface area contributed by atoms with E-state index in [0.29, 0.717) is 0 Å². The number of nitrogens with zero attached hydrogens (tertiary/aromatic N) is 1. The quantitative estimate of drug-likeness (QED) is 0.926. The molecule has 0 aliphatic carbocycles. The van der Waals surface area contributed by atoms with Crippen LogP contribution < -0.4 is 5.32 Å². The number of nitrogens with one attached hydrogen (secondary N) is 1. The van der Waals surface area contributed by atoms with Crippen molar-refractivity contribution < 1.29 is 9.15 Å². The first-order chi connectivity index (χ1) is 9.67. The summed E-state index contributed by atoms with van der Waals surface area (Å²) in [6.07, 6.45) is 0. The van der Waals surface area contributed by atoms with Gasteiger partial charge in [0.2, 0.25) is 0 Å². The molecule has 1 aliphatic rings. The number of rotatable bonds is 4. The molecule has 2 rings (SSSR count). The Bertz CT molecular complexity index is 472. The minimum Gasteiger partial charge on any atom is -0.463 e. The van der Waals surface area contributed by atoms with Crippen LogP contribution in [0.1, 0.15) is 51.7 Å². The number of furan rings is 1. The fraction of sp³-hybridized carbons (Fsp3) is 0.765. The Labute approximate surface area is 128 Å². The van der Waals surface area contributed by atoms with Gasteiger partial charge in [0.15, 0.2) is 0 Å². The first kappa shape index (κ1) is 16.5. The van der Waals surface area contributed by atoms with Gasteiger partial charge < -0.3 is 14.5 Å². The first-order valence-electron chi connectivity index (χ1n) is 7.83. The van der Waals surface area contributed by atoms with Gasteiger partial charge in [0.05, 0.1) is 26.3 Å². The largest absolute Gasteiger partial charge is 0.463 e. The molecule has 1 aromatic heterocycles. The molecule has 21 heavy (non-hydrogen) atoms. The Morgan fingerprint density at radius 2 is 2.05 bits per heavy atom. The highest BCUT2D eigenvalue weighted by atomic mass is 16.5. The van der Waals surface area contributed by atoms with E-state index in [1.807, 2.05) is 0 Å². The maximum Gasteiger partial charge on any atom is 0.120 e. The van der Waals surface area contributed by atoms with E-state index in [1.165, 1.54) is 5.56 Å². The van der Waals surface area contributed by atoms with Crippen LogP contribution in [-0.4, -0.2) is 35.7 Å². The molecule has 0 bridgehead atoms. The summed E-state index contributed by atoms with van der Waals surface area (Å²) in [5, 5.41) is 3.48. The highest BCUT2D eigenvalue weighted by Crippen LogP contribution is 2.24. The third-order valence-electron chi connectivity index (χ3n) is 4.01. The second-order valence-electron chi connectivity index (χ2n) is 7.71. The van der Waals surface area contributed by atoms with Gasteiger partial charge in [-0.2, -0.15) is 0 Å².